The highest BCUT2D eigenvalue weighted by Crippen LogP contribution is 2.19. The van der Waals surface area contributed by atoms with E-state index in [0.29, 0.717) is 24.5 Å². The lowest BCUT2D eigenvalue weighted by Gasteiger charge is -2.11. The molecular weight excluding hydrogens is 382 g/mol. The van der Waals surface area contributed by atoms with Crippen molar-refractivity contribution >= 4 is 5.91 Å². The Morgan fingerprint density at radius 1 is 1.10 bits per heavy atom. The van der Waals surface area contributed by atoms with Crippen molar-refractivity contribution < 1.29 is 14.3 Å². The lowest BCUT2D eigenvalue weighted by atomic mass is 10.1. The van der Waals surface area contributed by atoms with Gasteiger partial charge in [0, 0.05) is 24.7 Å². The molecule has 0 radical (unpaired) electrons. The summed E-state index contributed by atoms with van der Waals surface area (Å²) in [6.45, 7) is 4.45. The molecule has 0 fully saturated rings. The van der Waals surface area contributed by atoms with Gasteiger partial charge in [-0.15, -0.1) is 0 Å². The van der Waals surface area contributed by atoms with Crippen molar-refractivity contribution in [2.45, 2.75) is 20.4 Å². The molecule has 0 saturated heterocycles. The van der Waals surface area contributed by atoms with E-state index in [1.165, 1.54) is 17.0 Å². The Bertz CT molecular complexity index is 1070. The zero-order chi connectivity index (χ0) is 21.5. The van der Waals surface area contributed by atoms with E-state index in [-0.39, 0.29) is 18.1 Å². The normalized spacial score (nSPS) is 10.5. The van der Waals surface area contributed by atoms with Gasteiger partial charge in [0.25, 0.3) is 11.5 Å². The van der Waals surface area contributed by atoms with Gasteiger partial charge in [-0.3, -0.25) is 14.2 Å². The first-order chi connectivity index (χ1) is 14.5. The number of ether oxygens (including phenoxy) is 2. The largest absolute Gasteiger partial charge is 0.497 e. The van der Waals surface area contributed by atoms with E-state index in [1.54, 1.807) is 7.11 Å². The Balaban J connectivity index is 1.51. The number of carbonyl (C=O) groups excluding carboxylic acids is 1. The number of amides is 1. The summed E-state index contributed by atoms with van der Waals surface area (Å²) in [4.78, 5) is 28.7. The van der Waals surface area contributed by atoms with Crippen LogP contribution >= 0.6 is 0 Å². The average Bonchev–Trinajstić information content (AvgIpc) is 2.75. The minimum Gasteiger partial charge on any atom is -0.497 e. The minimum atomic E-state index is -0.244. The van der Waals surface area contributed by atoms with E-state index >= 15 is 0 Å². The van der Waals surface area contributed by atoms with Crippen LogP contribution in [0.3, 0.4) is 0 Å². The summed E-state index contributed by atoms with van der Waals surface area (Å²) in [6.07, 6.45) is 1.49. The summed E-state index contributed by atoms with van der Waals surface area (Å²) in [5.41, 5.74) is 3.28. The molecule has 0 aliphatic rings. The van der Waals surface area contributed by atoms with E-state index in [1.807, 2.05) is 56.3 Å². The van der Waals surface area contributed by atoms with Gasteiger partial charge in [0.05, 0.1) is 19.1 Å². The smallest absolute Gasteiger partial charge is 0.258 e. The van der Waals surface area contributed by atoms with E-state index in [4.69, 9.17) is 9.47 Å². The standard InChI is InChI=1S/C23H25N3O4/c1-16-4-5-17(2)21(12-16)30-14-22(27)24-10-11-26-15-25-20(13-23(26)28)18-6-8-19(29-3)9-7-18/h4-9,12-13,15H,10-11,14H2,1-3H3,(H,24,27). The molecule has 1 heterocycles. The number of nitrogens with one attached hydrogen (secondary N) is 1. The number of nitrogens with zero attached hydrogens (tertiary/aromatic N) is 2. The van der Waals surface area contributed by atoms with Crippen LogP contribution in [0.1, 0.15) is 11.1 Å². The maximum absolute atomic E-state index is 12.4. The molecule has 0 spiro atoms. The summed E-state index contributed by atoms with van der Waals surface area (Å²) in [7, 11) is 1.60. The van der Waals surface area contributed by atoms with Crippen molar-refractivity contribution in [3.8, 4) is 22.8 Å². The Kier molecular flexibility index (Phi) is 6.85. The molecule has 0 saturated carbocycles. The van der Waals surface area contributed by atoms with Crippen LogP contribution in [-0.4, -0.2) is 35.7 Å². The van der Waals surface area contributed by atoms with Crippen LogP contribution in [0.2, 0.25) is 0 Å². The summed E-state index contributed by atoms with van der Waals surface area (Å²) in [6, 6.07) is 14.7. The van der Waals surface area contributed by atoms with Crippen molar-refractivity contribution in [2.75, 3.05) is 20.3 Å². The molecule has 0 unspecified atom stereocenters. The van der Waals surface area contributed by atoms with Crippen LogP contribution < -0.4 is 20.3 Å². The maximum Gasteiger partial charge on any atom is 0.258 e. The van der Waals surface area contributed by atoms with Crippen molar-refractivity contribution in [2.24, 2.45) is 0 Å². The van der Waals surface area contributed by atoms with Crippen LogP contribution in [-0.2, 0) is 11.3 Å². The number of aromatic nitrogens is 2. The zero-order valence-electron chi connectivity index (χ0n) is 17.3. The molecule has 30 heavy (non-hydrogen) atoms. The average molecular weight is 407 g/mol. The second-order valence-electron chi connectivity index (χ2n) is 6.94. The Labute approximate surface area is 175 Å². The number of hydrogen-bond donors (Lipinski definition) is 1. The van der Waals surface area contributed by atoms with Gasteiger partial charge in [-0.05, 0) is 55.3 Å². The number of methoxy groups -OCH3 is 1. The van der Waals surface area contributed by atoms with Crippen molar-refractivity contribution in [3.63, 3.8) is 0 Å². The molecule has 0 aliphatic heterocycles. The monoisotopic (exact) mass is 407 g/mol. The molecule has 3 aromatic rings. The van der Waals surface area contributed by atoms with Crippen LogP contribution in [0, 0.1) is 13.8 Å². The van der Waals surface area contributed by atoms with Gasteiger partial charge in [-0.25, -0.2) is 4.98 Å². The van der Waals surface area contributed by atoms with Gasteiger partial charge in [0.2, 0.25) is 0 Å². The predicted molar refractivity (Wildman–Crippen MR) is 115 cm³/mol. The Hall–Kier alpha value is -3.61. The van der Waals surface area contributed by atoms with Crippen LogP contribution in [0.4, 0.5) is 0 Å². The molecule has 0 bridgehead atoms. The number of rotatable bonds is 8. The van der Waals surface area contributed by atoms with Crippen LogP contribution in [0.25, 0.3) is 11.3 Å². The molecule has 3 rings (SSSR count). The van der Waals surface area contributed by atoms with E-state index in [9.17, 15) is 9.59 Å². The molecule has 1 amide bonds. The zero-order valence-corrected chi connectivity index (χ0v) is 17.3. The predicted octanol–water partition coefficient (Wildman–Crippen LogP) is 2.73. The van der Waals surface area contributed by atoms with E-state index < -0.39 is 0 Å². The van der Waals surface area contributed by atoms with E-state index in [2.05, 4.69) is 10.3 Å². The van der Waals surface area contributed by atoms with Gasteiger partial charge in [-0.2, -0.15) is 0 Å². The second kappa shape index (κ2) is 9.73. The minimum absolute atomic E-state index is 0.0755. The number of aryl methyl sites for hydroxylation is 2. The molecule has 2 aromatic carbocycles. The molecule has 0 atom stereocenters. The first-order valence-electron chi connectivity index (χ1n) is 9.64. The van der Waals surface area contributed by atoms with Gasteiger partial charge in [0.15, 0.2) is 6.61 Å². The molecule has 0 aliphatic carbocycles. The van der Waals surface area contributed by atoms with Crippen LogP contribution in [0.15, 0.2) is 59.7 Å². The molecule has 7 heteroatoms. The van der Waals surface area contributed by atoms with E-state index in [0.717, 1.165) is 22.4 Å². The number of carbonyl (C=O) groups is 1. The third-order valence-corrected chi connectivity index (χ3v) is 4.64. The molecule has 1 N–H and O–H groups in total. The highest BCUT2D eigenvalue weighted by molar-refractivity contribution is 5.77. The highest BCUT2D eigenvalue weighted by atomic mass is 16.5. The molecule has 1 aromatic heterocycles. The van der Waals surface area contributed by atoms with Crippen LogP contribution in [0.5, 0.6) is 11.5 Å². The van der Waals surface area contributed by atoms with Crippen molar-refractivity contribution in [1.82, 2.24) is 14.9 Å². The summed E-state index contributed by atoms with van der Waals surface area (Å²) >= 11 is 0. The Morgan fingerprint density at radius 3 is 2.57 bits per heavy atom. The summed E-state index contributed by atoms with van der Waals surface area (Å²) in [5, 5.41) is 2.76. The first kappa shape index (κ1) is 21.1. The van der Waals surface area contributed by atoms with Crippen molar-refractivity contribution in [3.05, 3.63) is 76.3 Å². The third kappa shape index (κ3) is 5.47. The fourth-order valence-electron chi connectivity index (χ4n) is 2.89. The maximum atomic E-state index is 12.4. The fraction of sp³-hybridized carbons (Fsp3) is 0.261. The lowest BCUT2D eigenvalue weighted by molar-refractivity contribution is -0.123. The van der Waals surface area contributed by atoms with Gasteiger partial charge in [-0.1, -0.05) is 12.1 Å². The summed E-state index contributed by atoms with van der Waals surface area (Å²) < 4.78 is 12.2. The number of hydrogen-bond acceptors (Lipinski definition) is 5. The SMILES string of the molecule is COc1ccc(-c2cc(=O)n(CCNC(=O)COc3cc(C)ccc3C)cn2)cc1. The fourth-order valence-corrected chi connectivity index (χ4v) is 2.89. The van der Waals surface area contributed by atoms with Gasteiger partial charge < -0.3 is 14.8 Å². The highest BCUT2D eigenvalue weighted by Gasteiger charge is 2.07. The lowest BCUT2D eigenvalue weighted by Crippen LogP contribution is -2.33. The Morgan fingerprint density at radius 2 is 1.87 bits per heavy atom. The van der Waals surface area contributed by atoms with Gasteiger partial charge in [0.1, 0.15) is 11.5 Å². The topological polar surface area (TPSA) is 82.5 Å². The first-order valence-corrected chi connectivity index (χ1v) is 9.64. The molecular formula is C23H25N3O4. The quantitative estimate of drug-likeness (QED) is 0.621. The summed E-state index contributed by atoms with van der Waals surface area (Å²) in [5.74, 6) is 1.19. The molecule has 7 nitrogen and oxygen atoms in total. The van der Waals surface area contributed by atoms with Gasteiger partial charge >= 0.3 is 0 Å². The second-order valence-corrected chi connectivity index (χ2v) is 6.94. The van der Waals surface area contributed by atoms with Crippen molar-refractivity contribution in [1.29, 1.82) is 0 Å². The third-order valence-electron chi connectivity index (χ3n) is 4.64. The number of benzene rings is 2. The molecule has 156 valence electrons.